The topological polar surface area (TPSA) is 70.1 Å². The second-order valence-electron chi connectivity index (χ2n) is 9.27. The third kappa shape index (κ3) is 5.93. The second kappa shape index (κ2) is 12.4. The molecule has 1 fully saturated rings. The molecule has 0 aliphatic carbocycles. The maximum atomic E-state index is 13.3. The Labute approximate surface area is 219 Å². The number of ketones is 1. The fourth-order valence-corrected chi connectivity index (χ4v) is 4.84. The van der Waals surface area contributed by atoms with Crippen LogP contribution in [0.2, 0.25) is 5.02 Å². The molecule has 1 heterocycles. The summed E-state index contributed by atoms with van der Waals surface area (Å²) in [6.07, 6.45) is 0.726. The number of rotatable bonds is 11. The third-order valence-corrected chi connectivity index (χ3v) is 7.03. The molecule has 0 bridgehead atoms. The number of aliphatic hydroxyl groups is 1. The number of likely N-dealkylation sites (tertiary alicyclic amines) is 1. The molecule has 7 heteroatoms. The molecule has 0 unspecified atom stereocenters. The summed E-state index contributed by atoms with van der Waals surface area (Å²) in [5.41, 5.74) is 2.41. The van der Waals surface area contributed by atoms with E-state index in [1.54, 1.807) is 23.1 Å². The predicted molar refractivity (Wildman–Crippen MR) is 145 cm³/mol. The van der Waals surface area contributed by atoms with Crippen LogP contribution in [-0.4, -0.2) is 59.4 Å². The number of carbonyl (C=O) groups is 2. The lowest BCUT2D eigenvalue weighted by atomic mass is 9.93. The smallest absolute Gasteiger partial charge is 0.295 e. The molecule has 0 saturated carbocycles. The molecule has 0 spiro atoms. The summed E-state index contributed by atoms with van der Waals surface area (Å²) in [7, 11) is 0. The lowest BCUT2D eigenvalue weighted by Crippen LogP contribution is -2.33. The number of nitrogens with zero attached hydrogens (tertiary/aromatic N) is 2. The van der Waals surface area contributed by atoms with Crippen LogP contribution >= 0.6 is 11.6 Å². The van der Waals surface area contributed by atoms with Gasteiger partial charge in [0.05, 0.1) is 23.2 Å². The molecule has 6 nitrogen and oxygen atoms in total. The average molecular weight is 513 g/mol. The number of benzene rings is 2. The number of aliphatic hydroxyl groups excluding tert-OH is 1. The highest BCUT2D eigenvalue weighted by Crippen LogP contribution is 2.40. The van der Waals surface area contributed by atoms with Gasteiger partial charge in [-0.05, 0) is 68.2 Å². The van der Waals surface area contributed by atoms with Gasteiger partial charge in [0.1, 0.15) is 11.5 Å². The van der Waals surface area contributed by atoms with Gasteiger partial charge in [0, 0.05) is 12.1 Å². The molecule has 0 radical (unpaired) electrons. The quantitative estimate of drug-likeness (QED) is 0.226. The van der Waals surface area contributed by atoms with Gasteiger partial charge >= 0.3 is 0 Å². The van der Waals surface area contributed by atoms with Crippen LogP contribution in [0.4, 0.5) is 0 Å². The molecule has 2 aromatic rings. The van der Waals surface area contributed by atoms with Gasteiger partial charge in [-0.25, -0.2) is 0 Å². The van der Waals surface area contributed by atoms with E-state index in [4.69, 9.17) is 16.3 Å². The molecule has 1 N–H and O–H groups in total. The van der Waals surface area contributed by atoms with E-state index in [-0.39, 0.29) is 11.3 Å². The fourth-order valence-electron chi connectivity index (χ4n) is 4.60. The Bertz CT molecular complexity index is 1110. The molecule has 1 amide bonds. The molecule has 2 aromatic carbocycles. The van der Waals surface area contributed by atoms with Crippen molar-refractivity contribution in [2.24, 2.45) is 0 Å². The number of carbonyl (C=O) groups excluding carboxylic acids is 2. The first-order valence-corrected chi connectivity index (χ1v) is 13.1. The highest BCUT2D eigenvalue weighted by atomic mass is 35.5. The summed E-state index contributed by atoms with van der Waals surface area (Å²) in [4.78, 5) is 30.4. The van der Waals surface area contributed by atoms with Crippen LogP contribution in [-0.2, 0) is 9.59 Å². The monoisotopic (exact) mass is 512 g/mol. The van der Waals surface area contributed by atoms with Gasteiger partial charge in [-0.2, -0.15) is 0 Å². The number of hydrogen-bond acceptors (Lipinski definition) is 5. The molecule has 1 aliphatic rings. The van der Waals surface area contributed by atoms with Crippen molar-refractivity contribution in [1.82, 2.24) is 9.80 Å². The molecule has 3 rings (SSSR count). The van der Waals surface area contributed by atoms with E-state index in [0.717, 1.165) is 37.2 Å². The zero-order valence-electron chi connectivity index (χ0n) is 21.9. The largest absolute Gasteiger partial charge is 0.507 e. The predicted octanol–water partition coefficient (Wildman–Crippen LogP) is 6.02. The van der Waals surface area contributed by atoms with Gasteiger partial charge in [-0.3, -0.25) is 9.59 Å². The van der Waals surface area contributed by atoms with Crippen LogP contribution in [0, 0.1) is 0 Å². The minimum Gasteiger partial charge on any atom is -0.507 e. The second-order valence-corrected chi connectivity index (χ2v) is 9.68. The first-order valence-electron chi connectivity index (χ1n) is 12.8. The number of amides is 1. The van der Waals surface area contributed by atoms with E-state index in [2.05, 4.69) is 32.6 Å². The van der Waals surface area contributed by atoms with Crippen LogP contribution in [0.25, 0.3) is 5.76 Å². The van der Waals surface area contributed by atoms with Crippen LogP contribution < -0.4 is 4.74 Å². The number of ether oxygens (including phenoxy) is 1. The summed E-state index contributed by atoms with van der Waals surface area (Å²) in [6, 6.07) is 12.1. The molecule has 1 saturated heterocycles. The van der Waals surface area contributed by atoms with Crippen molar-refractivity contribution in [3.05, 3.63) is 69.8 Å². The van der Waals surface area contributed by atoms with Crippen LogP contribution in [0.5, 0.6) is 5.75 Å². The zero-order chi connectivity index (χ0) is 26.4. The van der Waals surface area contributed by atoms with Crippen molar-refractivity contribution < 1.29 is 19.4 Å². The Kier molecular flexibility index (Phi) is 9.57. The summed E-state index contributed by atoms with van der Waals surface area (Å²) in [5.74, 6) is -0.661. The van der Waals surface area contributed by atoms with Gasteiger partial charge in [0.25, 0.3) is 11.7 Å². The Hall–Kier alpha value is -2.83. The summed E-state index contributed by atoms with van der Waals surface area (Å²) >= 11 is 6.35. The lowest BCUT2D eigenvalue weighted by molar-refractivity contribution is -0.140. The van der Waals surface area contributed by atoms with Gasteiger partial charge < -0.3 is 19.6 Å². The highest BCUT2D eigenvalue weighted by Gasteiger charge is 2.45. The molecule has 1 atom stereocenters. The van der Waals surface area contributed by atoms with Crippen molar-refractivity contribution in [1.29, 1.82) is 0 Å². The van der Waals surface area contributed by atoms with Gasteiger partial charge in [0.15, 0.2) is 0 Å². The summed E-state index contributed by atoms with van der Waals surface area (Å²) in [6.45, 7) is 13.8. The highest BCUT2D eigenvalue weighted by molar-refractivity contribution is 6.46. The van der Waals surface area contributed by atoms with Crippen molar-refractivity contribution in [3.63, 3.8) is 0 Å². The van der Waals surface area contributed by atoms with E-state index in [9.17, 15) is 14.7 Å². The fraction of sp³-hybridized carbons (Fsp3) is 0.448. The van der Waals surface area contributed by atoms with Gasteiger partial charge in [-0.1, -0.05) is 63.6 Å². The number of hydrogen-bond donors (Lipinski definition) is 1. The number of halogens is 1. The normalized spacial score (nSPS) is 17.4. The van der Waals surface area contributed by atoms with E-state index < -0.39 is 17.7 Å². The minimum absolute atomic E-state index is 0.0837. The average Bonchev–Trinajstić information content (AvgIpc) is 3.12. The lowest BCUT2D eigenvalue weighted by Gasteiger charge is -2.27. The maximum absolute atomic E-state index is 13.3. The summed E-state index contributed by atoms with van der Waals surface area (Å²) < 4.78 is 5.49. The molecule has 0 aromatic heterocycles. The van der Waals surface area contributed by atoms with Crippen molar-refractivity contribution in [3.8, 4) is 5.75 Å². The first kappa shape index (κ1) is 27.8. The minimum atomic E-state index is -0.682. The van der Waals surface area contributed by atoms with E-state index in [1.165, 1.54) is 0 Å². The Morgan fingerprint density at radius 1 is 1.08 bits per heavy atom. The van der Waals surface area contributed by atoms with Crippen LogP contribution in [0.1, 0.15) is 69.7 Å². The van der Waals surface area contributed by atoms with Crippen molar-refractivity contribution >= 4 is 29.1 Å². The molecule has 1 aliphatic heterocycles. The van der Waals surface area contributed by atoms with Crippen LogP contribution in [0.15, 0.2) is 48.0 Å². The van der Waals surface area contributed by atoms with E-state index in [1.807, 2.05) is 31.2 Å². The van der Waals surface area contributed by atoms with Crippen molar-refractivity contribution in [2.75, 3.05) is 32.8 Å². The Balaban J connectivity index is 2.05. The standard InChI is InChI=1S/C29H37ClN2O4/c1-6-31(7-2)16-9-17-32-26(21-12-10-20(11-13-21)19(4)5)25(28(34)29(32)35)27(33)22-14-15-24(36-8-3)23(30)18-22/h10-15,18-19,26,33H,6-9,16-17H2,1-5H3/t26-/m0/s1. The Morgan fingerprint density at radius 3 is 2.31 bits per heavy atom. The van der Waals surface area contributed by atoms with E-state index >= 15 is 0 Å². The third-order valence-electron chi connectivity index (χ3n) is 6.73. The maximum Gasteiger partial charge on any atom is 0.295 e. The molecular formula is C29H37ClN2O4. The Morgan fingerprint density at radius 2 is 1.75 bits per heavy atom. The van der Waals surface area contributed by atoms with Gasteiger partial charge in [-0.15, -0.1) is 0 Å². The molecular weight excluding hydrogens is 476 g/mol. The SMILES string of the molecule is CCOc1ccc(C(O)=C2C(=O)C(=O)N(CCCN(CC)CC)[C@H]2c2ccc(C(C)C)cc2)cc1Cl. The molecule has 194 valence electrons. The molecule has 36 heavy (non-hydrogen) atoms. The van der Waals surface area contributed by atoms with Gasteiger partial charge in [0.2, 0.25) is 0 Å². The summed E-state index contributed by atoms with van der Waals surface area (Å²) in [5, 5.41) is 11.6. The van der Waals surface area contributed by atoms with E-state index in [0.29, 0.717) is 35.4 Å². The number of Topliss-reactive ketones (excluding diaryl/α,β-unsaturated/α-hetero) is 1. The zero-order valence-corrected chi connectivity index (χ0v) is 22.6. The van der Waals surface area contributed by atoms with Crippen molar-refractivity contribution in [2.45, 2.75) is 53.0 Å². The van der Waals surface area contributed by atoms with Crippen LogP contribution in [0.3, 0.4) is 0 Å². The first-order chi connectivity index (χ1) is 17.2.